The zero-order valence-corrected chi connectivity index (χ0v) is 9.17. The van der Waals surface area contributed by atoms with Crippen molar-refractivity contribution in [2.45, 2.75) is 18.3 Å². The van der Waals surface area contributed by atoms with Crippen molar-refractivity contribution in [1.29, 1.82) is 0 Å². The lowest BCUT2D eigenvalue weighted by Gasteiger charge is -2.14. The normalized spacial score (nSPS) is 17.2. The first-order chi connectivity index (χ1) is 7.19. The second kappa shape index (κ2) is 3.83. The van der Waals surface area contributed by atoms with Crippen LogP contribution in [0.4, 0.5) is 0 Å². The molecule has 1 fully saturated rings. The van der Waals surface area contributed by atoms with Gasteiger partial charge in [-0.3, -0.25) is 9.63 Å². The van der Waals surface area contributed by atoms with Crippen molar-refractivity contribution >= 4 is 17.5 Å². The summed E-state index contributed by atoms with van der Waals surface area (Å²) in [5.74, 6) is -0.0766. The van der Waals surface area contributed by atoms with Crippen LogP contribution in [0.1, 0.15) is 18.4 Å². The van der Waals surface area contributed by atoms with E-state index in [0.717, 1.165) is 18.4 Å². The van der Waals surface area contributed by atoms with Gasteiger partial charge in [-0.25, -0.2) is 5.48 Å². The van der Waals surface area contributed by atoms with E-state index < -0.39 is 0 Å². The minimum absolute atomic E-state index is 0.0766. The molecule has 3 nitrogen and oxygen atoms in total. The van der Waals surface area contributed by atoms with Crippen LogP contribution in [0.2, 0.25) is 5.02 Å². The zero-order valence-electron chi connectivity index (χ0n) is 8.42. The van der Waals surface area contributed by atoms with E-state index in [1.54, 1.807) is 12.1 Å². The van der Waals surface area contributed by atoms with Crippen molar-refractivity contribution in [2.75, 3.05) is 7.11 Å². The molecule has 0 unspecified atom stereocenters. The fourth-order valence-corrected chi connectivity index (χ4v) is 1.86. The number of rotatable bonds is 3. The van der Waals surface area contributed by atoms with Crippen LogP contribution in [0.3, 0.4) is 0 Å². The summed E-state index contributed by atoms with van der Waals surface area (Å²) in [7, 11) is 1.44. The van der Waals surface area contributed by atoms with Crippen LogP contribution in [0.15, 0.2) is 24.3 Å². The lowest BCUT2D eigenvalue weighted by atomic mass is 9.95. The predicted molar refractivity (Wildman–Crippen MR) is 57.5 cm³/mol. The van der Waals surface area contributed by atoms with Crippen molar-refractivity contribution in [3.05, 3.63) is 34.9 Å². The number of carbonyl (C=O) groups excluding carboxylic acids is 1. The largest absolute Gasteiger partial charge is 0.277 e. The summed E-state index contributed by atoms with van der Waals surface area (Å²) < 4.78 is 0. The molecule has 0 aromatic heterocycles. The van der Waals surface area contributed by atoms with E-state index in [2.05, 4.69) is 10.3 Å². The summed E-state index contributed by atoms with van der Waals surface area (Å²) in [5.41, 5.74) is 3.00. The Morgan fingerprint density at radius 1 is 1.40 bits per heavy atom. The molecule has 1 amide bonds. The third kappa shape index (κ3) is 1.85. The number of hydrogen-bond acceptors (Lipinski definition) is 2. The quantitative estimate of drug-likeness (QED) is 0.800. The van der Waals surface area contributed by atoms with E-state index in [9.17, 15) is 4.79 Å². The van der Waals surface area contributed by atoms with Gasteiger partial charge in [0.05, 0.1) is 12.5 Å². The number of benzene rings is 1. The highest BCUT2D eigenvalue weighted by molar-refractivity contribution is 6.30. The molecular formula is C11H12ClNO2. The van der Waals surface area contributed by atoms with E-state index in [1.807, 2.05) is 12.1 Å². The number of carbonyl (C=O) groups is 1. The molecule has 2 rings (SSSR count). The van der Waals surface area contributed by atoms with Gasteiger partial charge in [0.2, 0.25) is 0 Å². The SMILES string of the molecule is CONC(=O)C1(c2ccc(Cl)cc2)CC1. The van der Waals surface area contributed by atoms with Gasteiger partial charge in [0.1, 0.15) is 0 Å². The summed E-state index contributed by atoms with van der Waals surface area (Å²) in [4.78, 5) is 16.4. The Bertz CT molecular complexity index is 371. The first-order valence-electron chi connectivity index (χ1n) is 4.78. The molecule has 1 aliphatic carbocycles. The van der Waals surface area contributed by atoms with Crippen molar-refractivity contribution < 1.29 is 9.63 Å². The third-order valence-corrected chi connectivity index (χ3v) is 3.03. The fraction of sp³-hybridized carbons (Fsp3) is 0.364. The maximum Gasteiger partial charge on any atom is 0.254 e. The maximum absolute atomic E-state index is 11.7. The number of halogens is 1. The Kier molecular flexibility index (Phi) is 2.67. The van der Waals surface area contributed by atoms with Crippen molar-refractivity contribution in [2.24, 2.45) is 0 Å². The Hall–Kier alpha value is -1.06. The molecule has 1 aromatic rings. The molecule has 0 heterocycles. The average molecular weight is 226 g/mol. The van der Waals surface area contributed by atoms with E-state index in [-0.39, 0.29) is 11.3 Å². The van der Waals surface area contributed by atoms with Crippen LogP contribution in [0.25, 0.3) is 0 Å². The first-order valence-corrected chi connectivity index (χ1v) is 5.16. The van der Waals surface area contributed by atoms with Crippen LogP contribution in [-0.2, 0) is 15.0 Å². The highest BCUT2D eigenvalue weighted by Gasteiger charge is 2.51. The molecule has 0 bridgehead atoms. The third-order valence-electron chi connectivity index (χ3n) is 2.78. The average Bonchev–Trinajstić information content (AvgIpc) is 3.00. The molecular weight excluding hydrogens is 214 g/mol. The second-order valence-electron chi connectivity index (χ2n) is 3.72. The summed E-state index contributed by atoms with van der Waals surface area (Å²) in [6, 6.07) is 7.39. The second-order valence-corrected chi connectivity index (χ2v) is 4.16. The molecule has 1 N–H and O–H groups in total. The number of hydroxylamine groups is 1. The monoisotopic (exact) mass is 225 g/mol. The van der Waals surface area contributed by atoms with Crippen LogP contribution >= 0.6 is 11.6 Å². The van der Waals surface area contributed by atoms with E-state index in [4.69, 9.17) is 11.6 Å². The Labute approximate surface area is 93.3 Å². The van der Waals surface area contributed by atoms with E-state index in [0.29, 0.717) is 5.02 Å². The van der Waals surface area contributed by atoms with Crippen LogP contribution < -0.4 is 5.48 Å². The van der Waals surface area contributed by atoms with Gasteiger partial charge in [-0.05, 0) is 30.5 Å². The van der Waals surface area contributed by atoms with Gasteiger partial charge in [-0.15, -0.1) is 0 Å². The molecule has 1 aliphatic rings. The molecule has 15 heavy (non-hydrogen) atoms. The number of nitrogens with one attached hydrogen (secondary N) is 1. The van der Waals surface area contributed by atoms with Crippen LogP contribution in [0.5, 0.6) is 0 Å². The summed E-state index contributed by atoms with van der Waals surface area (Å²) in [5, 5.41) is 0.682. The smallest absolute Gasteiger partial charge is 0.254 e. The predicted octanol–water partition coefficient (Wildman–Crippen LogP) is 2.05. The molecule has 0 aliphatic heterocycles. The van der Waals surface area contributed by atoms with Gasteiger partial charge < -0.3 is 0 Å². The Morgan fingerprint density at radius 2 is 2.00 bits per heavy atom. The molecule has 4 heteroatoms. The number of amides is 1. The lowest BCUT2D eigenvalue weighted by molar-refractivity contribution is -0.134. The molecule has 0 saturated heterocycles. The van der Waals surface area contributed by atoms with Gasteiger partial charge in [0, 0.05) is 5.02 Å². The molecule has 1 saturated carbocycles. The molecule has 0 atom stereocenters. The van der Waals surface area contributed by atoms with Crippen LogP contribution in [-0.4, -0.2) is 13.0 Å². The first kappa shape index (κ1) is 10.5. The summed E-state index contributed by atoms with van der Waals surface area (Å²) in [6.45, 7) is 0. The topological polar surface area (TPSA) is 38.3 Å². The Morgan fingerprint density at radius 3 is 2.47 bits per heavy atom. The van der Waals surface area contributed by atoms with Gasteiger partial charge in [-0.2, -0.15) is 0 Å². The van der Waals surface area contributed by atoms with Crippen molar-refractivity contribution in [3.8, 4) is 0 Å². The van der Waals surface area contributed by atoms with Gasteiger partial charge in [0.25, 0.3) is 5.91 Å². The van der Waals surface area contributed by atoms with E-state index >= 15 is 0 Å². The lowest BCUT2D eigenvalue weighted by Crippen LogP contribution is -2.33. The fourth-order valence-electron chi connectivity index (χ4n) is 1.73. The molecule has 80 valence electrons. The highest BCUT2D eigenvalue weighted by Crippen LogP contribution is 2.48. The standard InChI is InChI=1S/C11H12ClNO2/c1-15-13-10(14)11(6-7-11)8-2-4-9(12)5-3-8/h2-5H,6-7H2,1H3,(H,13,14). The van der Waals surface area contributed by atoms with Gasteiger partial charge in [-0.1, -0.05) is 23.7 Å². The number of hydrogen-bond donors (Lipinski definition) is 1. The van der Waals surface area contributed by atoms with Crippen LogP contribution in [0, 0.1) is 0 Å². The Balaban J connectivity index is 2.22. The van der Waals surface area contributed by atoms with Gasteiger partial charge in [0.15, 0.2) is 0 Å². The minimum atomic E-state index is -0.388. The molecule has 0 radical (unpaired) electrons. The maximum atomic E-state index is 11.7. The van der Waals surface area contributed by atoms with Gasteiger partial charge >= 0.3 is 0 Å². The minimum Gasteiger partial charge on any atom is -0.277 e. The summed E-state index contributed by atoms with van der Waals surface area (Å²) >= 11 is 5.80. The zero-order chi connectivity index (χ0) is 10.9. The van der Waals surface area contributed by atoms with Crippen molar-refractivity contribution in [1.82, 2.24) is 5.48 Å². The molecule has 0 spiro atoms. The highest BCUT2D eigenvalue weighted by atomic mass is 35.5. The van der Waals surface area contributed by atoms with E-state index in [1.165, 1.54) is 7.11 Å². The molecule has 1 aromatic carbocycles. The summed E-state index contributed by atoms with van der Waals surface area (Å²) in [6.07, 6.45) is 1.73. The van der Waals surface area contributed by atoms with Crippen molar-refractivity contribution in [3.63, 3.8) is 0 Å².